The first-order valence-corrected chi connectivity index (χ1v) is 15.1. The number of carboxylic acids is 1. The summed E-state index contributed by atoms with van der Waals surface area (Å²) in [5.74, 6) is -2.08. The topological polar surface area (TPSA) is 103 Å². The Bertz CT molecular complexity index is 2180. The number of thiazole rings is 1. The van der Waals surface area contributed by atoms with Gasteiger partial charge in [0.1, 0.15) is 5.82 Å². The molecule has 1 aliphatic heterocycles. The van der Waals surface area contributed by atoms with Crippen LogP contribution in [0.4, 0.5) is 4.39 Å². The number of nitrogens with zero attached hydrogens (tertiary/aromatic N) is 3. The van der Waals surface area contributed by atoms with Crippen molar-refractivity contribution < 1.29 is 23.8 Å². The van der Waals surface area contributed by atoms with Gasteiger partial charge in [0.15, 0.2) is 4.80 Å². The molecule has 3 heterocycles. The van der Waals surface area contributed by atoms with Crippen LogP contribution in [0.3, 0.4) is 0 Å². The van der Waals surface area contributed by atoms with Gasteiger partial charge in [-0.25, -0.2) is 19.0 Å². The molecule has 0 amide bonds. The van der Waals surface area contributed by atoms with Gasteiger partial charge in [-0.05, 0) is 74.4 Å². The van der Waals surface area contributed by atoms with Crippen LogP contribution in [0.25, 0.3) is 17.5 Å². The van der Waals surface area contributed by atoms with E-state index >= 15 is 0 Å². The molecule has 1 aliphatic rings. The average Bonchev–Trinajstić information content (AvgIpc) is 3.50. The normalized spacial score (nSPS) is 14.7. The third-order valence-electron chi connectivity index (χ3n) is 7.67. The smallest absolute Gasteiger partial charge is 0.338 e. The fraction of sp³-hybridized carbons (Fsp3) is 0.143. The zero-order chi connectivity index (χ0) is 31.8. The molecular weight excluding hydrogens is 593 g/mol. The molecule has 8 nitrogen and oxygen atoms in total. The number of fused-ring (bicyclic) bond motifs is 1. The van der Waals surface area contributed by atoms with Gasteiger partial charge >= 0.3 is 11.9 Å². The number of carbonyl (C=O) groups is 2. The number of aromatic carboxylic acids is 1. The number of hydrogen-bond donors (Lipinski definition) is 1. The second kappa shape index (κ2) is 12.0. The average molecular weight is 622 g/mol. The van der Waals surface area contributed by atoms with Gasteiger partial charge in [0.2, 0.25) is 0 Å². The molecule has 0 radical (unpaired) electrons. The SMILES string of the molecule is CCOC(=O)C1=C(c2ccccc2)N=c2s/c(=C\c3cc(C)n(-c4cccc(C(=O)O)c4)c3C)c(=O)n2[C@H]1c1ccc(F)cc1. The minimum Gasteiger partial charge on any atom is -0.478 e. The molecule has 0 spiro atoms. The monoisotopic (exact) mass is 621 g/mol. The quantitative estimate of drug-likeness (QED) is 0.253. The Labute approximate surface area is 261 Å². The van der Waals surface area contributed by atoms with Crippen LogP contribution in [-0.2, 0) is 9.53 Å². The van der Waals surface area contributed by atoms with E-state index in [1.54, 1.807) is 37.3 Å². The number of rotatable bonds is 7. The number of aromatic nitrogens is 2. The van der Waals surface area contributed by atoms with Crippen molar-refractivity contribution in [3.8, 4) is 5.69 Å². The second-order valence-corrected chi connectivity index (χ2v) is 11.5. The van der Waals surface area contributed by atoms with Crippen LogP contribution in [0.1, 0.15) is 51.4 Å². The standard InChI is InChI=1S/C35H28FN3O5S/c1-4-44-34(43)29-30(22-9-6-5-7-10-22)37-35-39(31(29)23-13-15-26(36)16-14-23)32(40)28(45-35)19-25-17-20(2)38(21(25)3)27-12-8-11-24(18-27)33(41)42/h5-19,31H,4H2,1-3H3,(H,41,42)/b28-19-/t31-/m0/s1. The lowest BCUT2D eigenvalue weighted by atomic mass is 9.93. The van der Waals surface area contributed by atoms with Crippen molar-refractivity contribution in [2.45, 2.75) is 26.8 Å². The number of hydrogen-bond acceptors (Lipinski definition) is 6. The number of ether oxygens (including phenoxy) is 1. The summed E-state index contributed by atoms with van der Waals surface area (Å²) in [5, 5.41) is 9.49. The lowest BCUT2D eigenvalue weighted by Gasteiger charge is -2.25. The molecule has 2 aromatic heterocycles. The van der Waals surface area contributed by atoms with Crippen LogP contribution in [0.2, 0.25) is 0 Å². The molecular formula is C35H28FN3O5S. The van der Waals surface area contributed by atoms with Crippen LogP contribution < -0.4 is 14.9 Å². The highest BCUT2D eigenvalue weighted by Gasteiger charge is 2.35. The van der Waals surface area contributed by atoms with Crippen molar-refractivity contribution in [3.63, 3.8) is 0 Å². The lowest BCUT2D eigenvalue weighted by Crippen LogP contribution is -2.40. The predicted molar refractivity (Wildman–Crippen MR) is 170 cm³/mol. The van der Waals surface area contributed by atoms with E-state index < -0.39 is 23.8 Å². The van der Waals surface area contributed by atoms with Crippen molar-refractivity contribution in [1.82, 2.24) is 9.13 Å². The molecule has 1 atom stereocenters. The van der Waals surface area contributed by atoms with Crippen molar-refractivity contribution in [3.05, 3.63) is 150 Å². The van der Waals surface area contributed by atoms with Crippen molar-refractivity contribution >= 4 is 35.0 Å². The summed E-state index contributed by atoms with van der Waals surface area (Å²) in [6.45, 7) is 5.63. The van der Waals surface area contributed by atoms with Gasteiger partial charge in [-0.15, -0.1) is 0 Å². The summed E-state index contributed by atoms with van der Waals surface area (Å²) in [7, 11) is 0. The van der Waals surface area contributed by atoms with E-state index in [1.807, 2.05) is 60.9 Å². The molecule has 0 fully saturated rings. The summed E-state index contributed by atoms with van der Waals surface area (Å²) in [6, 6.07) is 22.6. The van der Waals surface area contributed by atoms with Gasteiger partial charge in [-0.2, -0.15) is 0 Å². The van der Waals surface area contributed by atoms with Gasteiger partial charge in [0.25, 0.3) is 5.56 Å². The summed E-state index contributed by atoms with van der Waals surface area (Å²) >= 11 is 1.19. The number of carboxylic acid groups (broad SMARTS) is 1. The number of carbonyl (C=O) groups excluding carboxylic acids is 1. The second-order valence-electron chi connectivity index (χ2n) is 10.5. The maximum atomic E-state index is 14.2. The Morgan fingerprint density at radius 3 is 2.44 bits per heavy atom. The van der Waals surface area contributed by atoms with Crippen LogP contribution in [0, 0.1) is 19.7 Å². The molecule has 6 rings (SSSR count). The maximum absolute atomic E-state index is 14.2. The first-order valence-electron chi connectivity index (χ1n) is 14.2. The van der Waals surface area contributed by atoms with Crippen molar-refractivity contribution in [2.75, 3.05) is 6.61 Å². The number of esters is 1. The van der Waals surface area contributed by atoms with E-state index in [9.17, 15) is 23.9 Å². The molecule has 0 bridgehead atoms. The first-order chi connectivity index (χ1) is 21.7. The molecule has 226 valence electrons. The summed E-state index contributed by atoms with van der Waals surface area (Å²) < 4.78 is 23.3. The number of benzene rings is 3. The minimum atomic E-state index is -1.02. The fourth-order valence-electron chi connectivity index (χ4n) is 5.65. The lowest BCUT2D eigenvalue weighted by molar-refractivity contribution is -0.138. The summed E-state index contributed by atoms with van der Waals surface area (Å²) in [5.41, 5.74) is 4.71. The molecule has 45 heavy (non-hydrogen) atoms. The van der Waals surface area contributed by atoms with Gasteiger partial charge in [-0.3, -0.25) is 9.36 Å². The fourth-order valence-corrected chi connectivity index (χ4v) is 6.64. The Balaban J connectivity index is 1.58. The first kappa shape index (κ1) is 29.7. The Morgan fingerprint density at radius 2 is 1.76 bits per heavy atom. The predicted octanol–water partition coefficient (Wildman–Crippen LogP) is 5.18. The largest absolute Gasteiger partial charge is 0.478 e. The number of aryl methyl sites for hydroxylation is 1. The summed E-state index contributed by atoms with van der Waals surface area (Å²) in [6.07, 6.45) is 1.78. The zero-order valence-corrected chi connectivity index (χ0v) is 25.5. The summed E-state index contributed by atoms with van der Waals surface area (Å²) in [4.78, 5) is 44.6. The maximum Gasteiger partial charge on any atom is 0.338 e. The third kappa shape index (κ3) is 5.44. The minimum absolute atomic E-state index is 0.121. The highest BCUT2D eigenvalue weighted by molar-refractivity contribution is 7.07. The van der Waals surface area contributed by atoms with Gasteiger partial charge in [0.05, 0.1) is 34.0 Å². The Morgan fingerprint density at radius 1 is 1.02 bits per heavy atom. The van der Waals surface area contributed by atoms with E-state index in [2.05, 4.69) is 0 Å². The molecule has 3 aromatic carbocycles. The van der Waals surface area contributed by atoms with E-state index in [0.29, 0.717) is 31.8 Å². The van der Waals surface area contributed by atoms with E-state index in [4.69, 9.17) is 9.73 Å². The zero-order valence-electron chi connectivity index (χ0n) is 24.7. The molecule has 0 saturated carbocycles. The molecule has 1 N–H and O–H groups in total. The van der Waals surface area contributed by atoms with E-state index in [-0.39, 0.29) is 23.3 Å². The Kier molecular flexibility index (Phi) is 7.90. The van der Waals surface area contributed by atoms with Crippen LogP contribution in [0.5, 0.6) is 0 Å². The highest BCUT2D eigenvalue weighted by atomic mass is 32.1. The van der Waals surface area contributed by atoms with E-state index in [0.717, 1.165) is 17.0 Å². The van der Waals surface area contributed by atoms with Crippen molar-refractivity contribution in [2.24, 2.45) is 4.99 Å². The molecule has 0 aliphatic carbocycles. The van der Waals surface area contributed by atoms with E-state index in [1.165, 1.54) is 34.1 Å². The Hall–Kier alpha value is -5.35. The van der Waals surface area contributed by atoms with Crippen LogP contribution in [-0.4, -0.2) is 32.8 Å². The van der Waals surface area contributed by atoms with Crippen LogP contribution in [0.15, 0.2) is 100 Å². The molecule has 10 heteroatoms. The molecule has 0 unspecified atom stereocenters. The molecule has 5 aromatic rings. The molecule has 0 saturated heterocycles. The highest BCUT2D eigenvalue weighted by Crippen LogP contribution is 2.35. The van der Waals surface area contributed by atoms with Gasteiger partial charge in [-0.1, -0.05) is 59.9 Å². The number of halogens is 1. The van der Waals surface area contributed by atoms with Crippen molar-refractivity contribution in [1.29, 1.82) is 0 Å². The van der Waals surface area contributed by atoms with Gasteiger partial charge in [0, 0.05) is 22.6 Å². The third-order valence-corrected chi connectivity index (χ3v) is 8.65. The van der Waals surface area contributed by atoms with Crippen LogP contribution >= 0.6 is 11.3 Å². The van der Waals surface area contributed by atoms with Gasteiger partial charge < -0.3 is 14.4 Å².